The first-order valence-electron chi connectivity index (χ1n) is 30.8. The zero-order valence-electron chi connectivity index (χ0n) is 49.9. The summed E-state index contributed by atoms with van der Waals surface area (Å²) in [5.74, 6) is 0.261. The summed E-state index contributed by atoms with van der Waals surface area (Å²) < 4.78 is 75.6. The van der Waals surface area contributed by atoms with Crippen LogP contribution in [0.4, 0.5) is 0 Å². The van der Waals surface area contributed by atoms with Crippen molar-refractivity contribution in [3.63, 3.8) is 0 Å². The van der Waals surface area contributed by atoms with Crippen molar-refractivity contribution in [3.8, 4) is 0 Å². The van der Waals surface area contributed by atoms with E-state index < -0.39 is 31.1 Å². The molecule has 6 aliphatic heterocycles. The molecule has 0 amide bonds. The van der Waals surface area contributed by atoms with Gasteiger partial charge in [0.2, 0.25) is 0 Å². The number of hydrogen-bond donors (Lipinski definition) is 1. The van der Waals surface area contributed by atoms with E-state index >= 15 is 0 Å². The third-order valence-corrected chi connectivity index (χ3v) is 34.1. The van der Waals surface area contributed by atoms with Crippen LogP contribution >= 0.6 is 0 Å². The average Bonchev–Trinajstić information content (AvgIpc) is 4.21. The first-order valence-corrected chi connectivity index (χ1v) is 38.4. The largest absolute Gasteiger partial charge is 0.414 e. The minimum atomic E-state index is -1.98. The number of rotatable bonds is 34. The van der Waals surface area contributed by atoms with Gasteiger partial charge in [-0.2, -0.15) is 0 Å². The van der Waals surface area contributed by atoms with Gasteiger partial charge in [-0.25, -0.2) is 0 Å². The Morgan fingerprint density at radius 1 is 0.605 bits per heavy atom. The first kappa shape index (κ1) is 64.3. The molecule has 6 aliphatic rings. The Kier molecular flexibility index (Phi) is 25.3. The molecule has 6 fully saturated rings. The highest BCUT2D eigenvalue weighted by Gasteiger charge is 2.60. The lowest BCUT2D eigenvalue weighted by Gasteiger charge is -2.47. The minimum Gasteiger partial charge on any atom is -0.414 e. The van der Waals surface area contributed by atoms with E-state index in [1.54, 1.807) is 20.3 Å². The molecule has 15 heteroatoms. The van der Waals surface area contributed by atoms with Gasteiger partial charge in [-0.05, 0) is 129 Å². The van der Waals surface area contributed by atoms with Crippen molar-refractivity contribution in [2.24, 2.45) is 11.8 Å². The van der Waals surface area contributed by atoms with Crippen LogP contribution in [0.25, 0.3) is 0 Å². The van der Waals surface area contributed by atoms with E-state index in [1.165, 1.54) is 5.57 Å². The summed E-state index contributed by atoms with van der Waals surface area (Å²) in [5, 5.41) is 11.3. The summed E-state index contributed by atoms with van der Waals surface area (Å²) in [5.41, 5.74) is 2.29. The van der Waals surface area contributed by atoms with E-state index in [4.69, 9.17) is 51.2 Å². The molecule has 438 valence electrons. The molecule has 0 aliphatic carbocycles. The molecule has 76 heavy (non-hydrogen) atoms. The molecular formula is C61H110O12Si3. The highest BCUT2D eigenvalue weighted by Crippen LogP contribution is 2.47. The Balaban J connectivity index is 1.04. The van der Waals surface area contributed by atoms with Crippen LogP contribution in [-0.4, -0.2) is 155 Å². The smallest absolute Gasteiger partial charge is 0.192 e. The molecule has 0 aromatic rings. The van der Waals surface area contributed by atoms with Gasteiger partial charge >= 0.3 is 0 Å². The molecule has 0 radical (unpaired) electrons. The monoisotopic (exact) mass is 1120 g/mol. The Bertz CT molecular complexity index is 1770. The molecule has 0 bridgehead atoms. The fraction of sp³-hybridized carbons (Fsp3) is 0.869. The highest BCUT2D eigenvalue weighted by atomic mass is 28.4. The van der Waals surface area contributed by atoms with Crippen molar-refractivity contribution in [3.05, 3.63) is 49.6 Å². The normalized spacial score (nSPS) is 35.9. The van der Waals surface area contributed by atoms with E-state index in [0.29, 0.717) is 44.6 Å². The fourth-order valence-corrected chi connectivity index (χ4v) is 22.8. The summed E-state index contributed by atoms with van der Waals surface area (Å²) in [7, 11) is -2.21. The molecular weight excluding hydrogens is 1010 g/mol. The number of aliphatic hydroxyl groups excluding tert-OH is 1. The van der Waals surface area contributed by atoms with Gasteiger partial charge in [-0.1, -0.05) is 94.5 Å². The maximum Gasteiger partial charge on any atom is 0.192 e. The van der Waals surface area contributed by atoms with Gasteiger partial charge in [0.05, 0.1) is 79.9 Å². The van der Waals surface area contributed by atoms with E-state index in [-0.39, 0.29) is 104 Å². The topological polar surface area (TPSA) is 122 Å². The Morgan fingerprint density at radius 2 is 1.21 bits per heavy atom. The van der Waals surface area contributed by atoms with Crippen LogP contribution in [0.5, 0.6) is 0 Å². The molecule has 0 spiro atoms. The zero-order chi connectivity index (χ0) is 55.4. The Hall–Kier alpha value is -0.869. The molecule has 0 aromatic carbocycles. The standard InChI is InChI=1S/C61H110O12Si3/c1-17-28-44(62)36-49-53(69-54(56(49)63-15)38-48(72-75(22-6,23-7)24-8)40-65-74(19-3,20-4)21-5)39-52-43(14)41(12)34-46(67-52)32-33-50-42(13)35-45(66-50)30-31-47-37-55-57(68-47)60-61(71-55)59(64-16)58(51(70-60)29-18-2)73-76(25-9,26-10)27-11/h17-18,41,44-62H,1-2,13-14,19-40H2,3-12,15-16H3/t41-,44?,45+,46+,47-,48?,49?,50+,51?,52?,53+,54-,55-,56-,57+,58?,59+,60+,61+/m1/s1. The van der Waals surface area contributed by atoms with Crippen LogP contribution in [-0.2, 0) is 51.2 Å². The number of methoxy groups -OCH3 is 2. The molecule has 6 rings (SSSR count). The molecule has 6 saturated heterocycles. The molecule has 6 heterocycles. The average molecular weight is 1120 g/mol. The zero-order valence-corrected chi connectivity index (χ0v) is 52.9. The highest BCUT2D eigenvalue weighted by molar-refractivity contribution is 6.74. The summed E-state index contributed by atoms with van der Waals surface area (Å²) >= 11 is 0. The van der Waals surface area contributed by atoms with E-state index in [1.807, 2.05) is 6.08 Å². The Labute approximate surface area is 465 Å². The van der Waals surface area contributed by atoms with Crippen LogP contribution in [0.15, 0.2) is 49.6 Å². The molecule has 1 N–H and O–H groups in total. The quantitative estimate of drug-likeness (QED) is 0.0488. The summed E-state index contributed by atoms with van der Waals surface area (Å²) in [4.78, 5) is 0. The second-order valence-corrected chi connectivity index (χ2v) is 38.2. The van der Waals surface area contributed by atoms with Crippen molar-refractivity contribution >= 4 is 25.0 Å². The second kappa shape index (κ2) is 29.9. The van der Waals surface area contributed by atoms with Crippen molar-refractivity contribution in [2.75, 3.05) is 20.8 Å². The maximum atomic E-state index is 11.3. The SMILES string of the molecule is C=CCC(O)CC1[C@H](CC2O[C@@H](CC[C@@H]3O[C@@H](CC[C@@H]4C[C@H]5O[C@@H]6[C@@H](OC(CC=C)C(O[Si](CC)(CC)CC)[C@@H]6OC)[C@H]5O4)CC3=C)C[C@@H](C)C2=C)O[C@H](CC(CO[Si](CC)(CC)CC)O[Si](CC)(CC)CC)[C@@H]1OC. The van der Waals surface area contributed by atoms with Crippen LogP contribution in [0.3, 0.4) is 0 Å². The number of ether oxygens (including phenoxy) is 8. The van der Waals surface area contributed by atoms with Crippen molar-refractivity contribution in [2.45, 2.75) is 304 Å². The van der Waals surface area contributed by atoms with Crippen molar-refractivity contribution in [1.29, 1.82) is 0 Å². The lowest BCUT2D eigenvalue weighted by atomic mass is 9.81. The summed E-state index contributed by atoms with van der Waals surface area (Å²) in [6.07, 6.45) is 10.7. The lowest BCUT2D eigenvalue weighted by molar-refractivity contribution is -0.226. The van der Waals surface area contributed by atoms with Crippen LogP contribution < -0.4 is 0 Å². The summed E-state index contributed by atoms with van der Waals surface area (Å²) in [6.45, 7) is 40.6. The third-order valence-electron chi connectivity index (χ3n) is 20.1. The number of aliphatic hydroxyl groups is 1. The van der Waals surface area contributed by atoms with Crippen LogP contribution in [0.2, 0.25) is 54.4 Å². The molecule has 12 nitrogen and oxygen atoms in total. The number of fused-ring (bicyclic) bond motifs is 3. The predicted molar refractivity (Wildman–Crippen MR) is 314 cm³/mol. The maximum absolute atomic E-state index is 11.3. The van der Waals surface area contributed by atoms with Gasteiger partial charge in [0.15, 0.2) is 25.0 Å². The second-order valence-electron chi connectivity index (χ2n) is 24.0. The minimum absolute atomic E-state index is 0.0000626. The van der Waals surface area contributed by atoms with Gasteiger partial charge in [-0.15, -0.1) is 13.2 Å². The van der Waals surface area contributed by atoms with Gasteiger partial charge in [0.1, 0.15) is 30.5 Å². The number of hydrogen-bond acceptors (Lipinski definition) is 12. The van der Waals surface area contributed by atoms with Gasteiger partial charge in [0.25, 0.3) is 0 Å². The predicted octanol–water partition coefficient (Wildman–Crippen LogP) is 13.2. The first-order chi connectivity index (χ1) is 36.5. The molecule has 0 aromatic heterocycles. The van der Waals surface area contributed by atoms with E-state index in [9.17, 15) is 5.11 Å². The summed E-state index contributed by atoms with van der Waals surface area (Å²) in [6, 6.07) is 9.71. The fourth-order valence-electron chi connectivity index (χ4n) is 14.4. The molecule has 19 atom stereocenters. The Morgan fingerprint density at radius 3 is 1.82 bits per heavy atom. The van der Waals surface area contributed by atoms with Gasteiger partial charge in [-0.3, -0.25) is 0 Å². The molecule has 0 saturated carbocycles. The third kappa shape index (κ3) is 15.2. The molecule has 6 unspecified atom stereocenters. The van der Waals surface area contributed by atoms with Crippen molar-refractivity contribution < 1.29 is 56.3 Å². The van der Waals surface area contributed by atoms with E-state index in [2.05, 4.69) is 95.6 Å². The van der Waals surface area contributed by atoms with Gasteiger partial charge in [0, 0.05) is 39.4 Å². The van der Waals surface area contributed by atoms with Crippen LogP contribution in [0.1, 0.15) is 146 Å². The van der Waals surface area contributed by atoms with E-state index in [0.717, 1.165) is 105 Å². The lowest BCUT2D eigenvalue weighted by Crippen LogP contribution is -2.62. The van der Waals surface area contributed by atoms with Crippen LogP contribution in [0, 0.1) is 11.8 Å². The van der Waals surface area contributed by atoms with Gasteiger partial charge < -0.3 is 56.3 Å². The van der Waals surface area contributed by atoms with Crippen molar-refractivity contribution in [1.82, 2.24) is 0 Å².